The lowest BCUT2D eigenvalue weighted by molar-refractivity contribution is -0.116. The van der Waals surface area contributed by atoms with Gasteiger partial charge in [0, 0.05) is 37.7 Å². The van der Waals surface area contributed by atoms with Crippen LogP contribution in [0.3, 0.4) is 0 Å². The molecule has 0 atom stereocenters. The maximum absolute atomic E-state index is 11.8. The molecule has 3 rings (SSSR count). The third kappa shape index (κ3) is 6.26. The van der Waals surface area contributed by atoms with Gasteiger partial charge in [0.2, 0.25) is 5.91 Å². The van der Waals surface area contributed by atoms with Crippen LogP contribution in [0.1, 0.15) is 45.1 Å². The van der Waals surface area contributed by atoms with Crippen molar-refractivity contribution in [3.05, 3.63) is 17.7 Å². The quantitative estimate of drug-likeness (QED) is 0.443. The lowest BCUT2D eigenvalue weighted by Crippen LogP contribution is -2.45. The highest BCUT2D eigenvalue weighted by molar-refractivity contribution is 5.96. The van der Waals surface area contributed by atoms with Gasteiger partial charge in [0.15, 0.2) is 0 Å². The van der Waals surface area contributed by atoms with E-state index in [1.54, 1.807) is 12.1 Å². The number of amides is 2. The Kier molecular flexibility index (Phi) is 7.79. The lowest BCUT2D eigenvalue weighted by atomic mass is 10.0. The van der Waals surface area contributed by atoms with E-state index in [1.807, 2.05) is 13.8 Å². The monoisotopic (exact) mass is 419 g/mol. The highest BCUT2D eigenvalue weighted by Crippen LogP contribution is 2.38. The van der Waals surface area contributed by atoms with Crippen LogP contribution in [0.4, 0.5) is 10.5 Å². The number of aromatic hydroxyl groups is 1. The number of ether oxygens (including phenoxy) is 2. The number of hydrogen-bond donors (Lipinski definition) is 3. The number of benzene rings is 1. The topological polar surface area (TPSA) is 100 Å². The van der Waals surface area contributed by atoms with Crippen molar-refractivity contribution in [2.75, 3.05) is 38.2 Å². The zero-order valence-corrected chi connectivity index (χ0v) is 17.9. The van der Waals surface area contributed by atoms with Gasteiger partial charge in [0.05, 0.1) is 18.9 Å². The second-order valence-electron chi connectivity index (χ2n) is 8.44. The number of piperidine rings is 1. The van der Waals surface area contributed by atoms with Crippen LogP contribution in [0.25, 0.3) is 0 Å². The smallest absolute Gasteiger partial charge is 0.407 e. The number of likely N-dealkylation sites (tertiary alicyclic amines) is 1. The summed E-state index contributed by atoms with van der Waals surface area (Å²) in [6, 6.07) is 3.50. The number of rotatable bonds is 8. The maximum Gasteiger partial charge on any atom is 0.407 e. The number of phenolic OH excluding ortho intramolecular Hbond substituents is 1. The first-order valence-electron chi connectivity index (χ1n) is 10.9. The first-order valence-corrected chi connectivity index (χ1v) is 10.9. The van der Waals surface area contributed by atoms with Crippen molar-refractivity contribution in [3.63, 3.8) is 0 Å². The number of carbonyl (C=O) groups is 2. The first kappa shape index (κ1) is 22.2. The minimum Gasteiger partial charge on any atom is -0.506 e. The van der Waals surface area contributed by atoms with Crippen LogP contribution >= 0.6 is 0 Å². The third-order valence-corrected chi connectivity index (χ3v) is 5.45. The molecular formula is C22H33N3O5. The summed E-state index contributed by atoms with van der Waals surface area (Å²) in [4.78, 5) is 25.7. The molecule has 2 amide bonds. The van der Waals surface area contributed by atoms with Gasteiger partial charge in [-0.3, -0.25) is 4.79 Å². The van der Waals surface area contributed by atoms with Gasteiger partial charge < -0.3 is 30.1 Å². The molecular weight excluding hydrogens is 386 g/mol. The average Bonchev–Trinajstić information content (AvgIpc) is 2.72. The van der Waals surface area contributed by atoms with E-state index in [2.05, 4.69) is 15.5 Å². The van der Waals surface area contributed by atoms with E-state index in [0.717, 1.165) is 50.2 Å². The molecule has 0 unspecified atom stereocenters. The summed E-state index contributed by atoms with van der Waals surface area (Å²) >= 11 is 0. The van der Waals surface area contributed by atoms with E-state index in [0.29, 0.717) is 37.7 Å². The van der Waals surface area contributed by atoms with Crippen LogP contribution in [-0.4, -0.2) is 60.9 Å². The molecule has 2 aliphatic heterocycles. The molecule has 30 heavy (non-hydrogen) atoms. The molecule has 1 aromatic rings. The molecule has 0 spiro atoms. The Balaban J connectivity index is 1.35. The van der Waals surface area contributed by atoms with Gasteiger partial charge in [-0.05, 0) is 43.7 Å². The minimum atomic E-state index is -0.316. The molecule has 2 aliphatic rings. The fraction of sp³-hybridized carbons (Fsp3) is 0.636. The number of phenols is 1. The second kappa shape index (κ2) is 10.5. The highest BCUT2D eigenvalue weighted by atomic mass is 16.5. The Morgan fingerprint density at radius 1 is 1.30 bits per heavy atom. The van der Waals surface area contributed by atoms with E-state index in [4.69, 9.17) is 9.47 Å². The van der Waals surface area contributed by atoms with E-state index in [9.17, 15) is 14.7 Å². The molecule has 166 valence electrons. The van der Waals surface area contributed by atoms with Gasteiger partial charge >= 0.3 is 6.09 Å². The van der Waals surface area contributed by atoms with Crippen molar-refractivity contribution < 1.29 is 24.2 Å². The van der Waals surface area contributed by atoms with Crippen molar-refractivity contribution in [3.8, 4) is 11.5 Å². The molecule has 8 heteroatoms. The molecule has 1 saturated heterocycles. The molecule has 3 N–H and O–H groups in total. The fourth-order valence-electron chi connectivity index (χ4n) is 3.80. The van der Waals surface area contributed by atoms with Crippen molar-refractivity contribution in [1.82, 2.24) is 10.2 Å². The van der Waals surface area contributed by atoms with E-state index in [-0.39, 0.29) is 23.8 Å². The summed E-state index contributed by atoms with van der Waals surface area (Å²) in [5, 5.41) is 15.6. The zero-order valence-electron chi connectivity index (χ0n) is 17.9. The summed E-state index contributed by atoms with van der Waals surface area (Å²) in [5.41, 5.74) is 1.34. The predicted molar refractivity (Wildman–Crippen MR) is 114 cm³/mol. The number of alkyl carbamates (subject to hydrolysis) is 1. The zero-order chi connectivity index (χ0) is 21.5. The predicted octanol–water partition coefficient (Wildman–Crippen LogP) is 2.89. The van der Waals surface area contributed by atoms with Crippen LogP contribution < -0.4 is 15.4 Å². The summed E-state index contributed by atoms with van der Waals surface area (Å²) in [5.74, 6) is 1.06. The number of fused-ring (bicyclic) bond motifs is 1. The third-order valence-electron chi connectivity index (χ3n) is 5.45. The second-order valence-corrected chi connectivity index (χ2v) is 8.44. The van der Waals surface area contributed by atoms with Crippen LogP contribution in [0.15, 0.2) is 12.1 Å². The average molecular weight is 420 g/mol. The van der Waals surface area contributed by atoms with E-state index < -0.39 is 0 Å². The molecule has 0 aliphatic carbocycles. The molecule has 0 bridgehead atoms. The van der Waals surface area contributed by atoms with Gasteiger partial charge in [-0.2, -0.15) is 0 Å². The van der Waals surface area contributed by atoms with Gasteiger partial charge in [-0.15, -0.1) is 0 Å². The van der Waals surface area contributed by atoms with E-state index in [1.165, 1.54) is 0 Å². The summed E-state index contributed by atoms with van der Waals surface area (Å²) in [6.45, 7) is 7.87. The van der Waals surface area contributed by atoms with Crippen LogP contribution in [0, 0.1) is 5.92 Å². The van der Waals surface area contributed by atoms with Gasteiger partial charge in [0.1, 0.15) is 11.5 Å². The number of nitrogens with one attached hydrogen (secondary N) is 2. The number of carbonyl (C=O) groups excluding carboxylic acids is 2. The van der Waals surface area contributed by atoms with Crippen molar-refractivity contribution in [1.29, 1.82) is 0 Å². The van der Waals surface area contributed by atoms with Gasteiger partial charge in [-0.25, -0.2) is 4.79 Å². The maximum atomic E-state index is 11.8. The standard InChI is InChI=1S/C22H33N3O5/c1-15(2)14-30-22(28)23-16-8-11-25(12-9-16)10-3-13-29-19-6-5-18(26)21-17(19)4-7-20(27)24-21/h5-6,15-16,26H,3-4,7-14H2,1-2H3,(H,23,28)(H,24,27). The Labute approximate surface area is 177 Å². The molecule has 0 aromatic heterocycles. The summed E-state index contributed by atoms with van der Waals surface area (Å²) < 4.78 is 11.1. The van der Waals surface area contributed by atoms with Gasteiger partial charge in [0.25, 0.3) is 0 Å². The molecule has 1 aromatic carbocycles. The van der Waals surface area contributed by atoms with Crippen LogP contribution in [0.5, 0.6) is 11.5 Å². The number of nitrogens with zero attached hydrogens (tertiary/aromatic N) is 1. The highest BCUT2D eigenvalue weighted by Gasteiger charge is 2.23. The molecule has 2 heterocycles. The lowest BCUT2D eigenvalue weighted by Gasteiger charge is -2.32. The molecule has 8 nitrogen and oxygen atoms in total. The van der Waals surface area contributed by atoms with Crippen LogP contribution in [-0.2, 0) is 16.0 Å². The first-order chi connectivity index (χ1) is 14.4. The Bertz CT molecular complexity index is 745. The van der Waals surface area contributed by atoms with Gasteiger partial charge in [-0.1, -0.05) is 13.8 Å². The minimum absolute atomic E-state index is 0.0787. The van der Waals surface area contributed by atoms with E-state index >= 15 is 0 Å². The summed E-state index contributed by atoms with van der Waals surface area (Å²) in [6.07, 6.45) is 3.39. The molecule has 0 radical (unpaired) electrons. The Morgan fingerprint density at radius 2 is 2.07 bits per heavy atom. The molecule has 1 fully saturated rings. The molecule has 0 saturated carbocycles. The fourth-order valence-corrected chi connectivity index (χ4v) is 3.80. The van der Waals surface area contributed by atoms with Crippen molar-refractivity contribution in [2.45, 2.75) is 52.0 Å². The van der Waals surface area contributed by atoms with Crippen molar-refractivity contribution in [2.24, 2.45) is 5.92 Å². The number of hydrogen-bond acceptors (Lipinski definition) is 6. The Hall–Kier alpha value is -2.48. The van der Waals surface area contributed by atoms with Crippen molar-refractivity contribution >= 4 is 17.7 Å². The van der Waals surface area contributed by atoms with Crippen LogP contribution in [0.2, 0.25) is 0 Å². The Morgan fingerprint density at radius 3 is 2.80 bits per heavy atom. The SMILES string of the molecule is CC(C)COC(=O)NC1CCN(CCCOc2ccc(O)c3c2CCC(=O)N3)CC1. The number of anilines is 1. The normalized spacial score (nSPS) is 17.4. The summed E-state index contributed by atoms with van der Waals surface area (Å²) in [7, 11) is 0. The largest absolute Gasteiger partial charge is 0.506 e.